The minimum atomic E-state index is -0.516. The van der Waals surface area contributed by atoms with Crippen molar-refractivity contribution in [2.75, 3.05) is 6.54 Å². The molecule has 1 amide bonds. The first kappa shape index (κ1) is 14.3. The van der Waals surface area contributed by atoms with Crippen molar-refractivity contribution in [1.29, 1.82) is 0 Å². The molecule has 0 aromatic rings. The number of hydrogen-bond acceptors (Lipinski definition) is 2. The summed E-state index contributed by atoms with van der Waals surface area (Å²) in [5.41, 5.74) is 5.52. The molecule has 3 fully saturated rings. The maximum absolute atomic E-state index is 13.2. The monoisotopic (exact) mass is 294 g/mol. The van der Waals surface area contributed by atoms with Gasteiger partial charge in [-0.1, -0.05) is 37.9 Å². The molecule has 1 heterocycles. The van der Waals surface area contributed by atoms with E-state index < -0.39 is 5.41 Å². The van der Waals surface area contributed by atoms with E-state index in [2.05, 4.69) is 4.90 Å². The summed E-state index contributed by atoms with van der Waals surface area (Å²) < 4.78 is 0. The lowest BCUT2D eigenvalue weighted by Gasteiger charge is -2.45. The number of hydrogen-bond donors (Lipinski definition) is 1. The minimum absolute atomic E-state index is 0.265. The molecule has 4 heteroatoms. The van der Waals surface area contributed by atoms with Crippen LogP contribution in [0.4, 0.5) is 0 Å². The maximum atomic E-state index is 13.2. The molecule has 2 unspecified atom stereocenters. The molecular formula is C16H26N2OS. The third kappa shape index (κ3) is 2.26. The van der Waals surface area contributed by atoms with Crippen molar-refractivity contribution in [3.05, 3.63) is 0 Å². The van der Waals surface area contributed by atoms with Gasteiger partial charge in [-0.25, -0.2) is 0 Å². The summed E-state index contributed by atoms with van der Waals surface area (Å²) >= 11 is 5.32. The van der Waals surface area contributed by atoms with Gasteiger partial charge in [0.05, 0.1) is 10.4 Å². The highest BCUT2D eigenvalue weighted by Gasteiger charge is 2.48. The molecule has 3 aliphatic rings. The van der Waals surface area contributed by atoms with E-state index in [9.17, 15) is 4.79 Å². The number of piperidine rings is 1. The van der Waals surface area contributed by atoms with Crippen molar-refractivity contribution in [3.63, 3.8) is 0 Å². The van der Waals surface area contributed by atoms with E-state index >= 15 is 0 Å². The normalized spacial score (nSPS) is 32.7. The third-order valence-electron chi connectivity index (χ3n) is 5.84. The molecule has 0 radical (unpaired) electrons. The lowest BCUT2D eigenvalue weighted by atomic mass is 9.72. The van der Waals surface area contributed by atoms with Gasteiger partial charge >= 0.3 is 0 Å². The van der Waals surface area contributed by atoms with Gasteiger partial charge in [-0.15, -0.1) is 0 Å². The molecule has 2 N–H and O–H groups in total. The lowest BCUT2D eigenvalue weighted by molar-refractivity contribution is -0.144. The van der Waals surface area contributed by atoms with Gasteiger partial charge in [0.15, 0.2) is 0 Å². The Morgan fingerprint density at radius 2 is 1.75 bits per heavy atom. The van der Waals surface area contributed by atoms with Crippen LogP contribution in [0.2, 0.25) is 0 Å². The highest BCUT2D eigenvalue weighted by Crippen LogP contribution is 2.43. The zero-order chi connectivity index (χ0) is 14.2. The van der Waals surface area contributed by atoms with Crippen molar-refractivity contribution in [2.45, 2.75) is 70.3 Å². The van der Waals surface area contributed by atoms with E-state index in [0.717, 1.165) is 44.6 Å². The molecule has 0 spiro atoms. The molecule has 0 aromatic heterocycles. The van der Waals surface area contributed by atoms with Crippen LogP contribution in [0.3, 0.4) is 0 Å². The fraction of sp³-hybridized carbons (Fsp3) is 0.875. The highest BCUT2D eigenvalue weighted by atomic mass is 32.1. The quantitative estimate of drug-likeness (QED) is 0.796. The van der Waals surface area contributed by atoms with E-state index in [0.29, 0.717) is 11.0 Å². The summed E-state index contributed by atoms with van der Waals surface area (Å²) in [6.07, 6.45) is 11.3. The first-order valence-corrected chi connectivity index (χ1v) is 8.67. The standard InChI is InChI=1S/C16H26N2OS/c17-14(20)16(9-2-1-3-10-16)15(19)18-11-5-7-12-6-4-8-13(12)18/h12-13H,1-11H2,(H2,17,20). The molecule has 0 bridgehead atoms. The Balaban J connectivity index is 1.83. The average Bonchev–Trinajstić information content (AvgIpc) is 2.95. The third-order valence-corrected chi connectivity index (χ3v) is 6.23. The largest absolute Gasteiger partial charge is 0.392 e. The van der Waals surface area contributed by atoms with Crippen LogP contribution >= 0.6 is 12.2 Å². The van der Waals surface area contributed by atoms with Crippen LogP contribution < -0.4 is 5.73 Å². The summed E-state index contributed by atoms with van der Waals surface area (Å²) in [4.78, 5) is 15.8. The lowest BCUT2D eigenvalue weighted by Crippen LogP contribution is -2.56. The maximum Gasteiger partial charge on any atom is 0.235 e. The predicted molar refractivity (Wildman–Crippen MR) is 84.4 cm³/mol. The summed E-state index contributed by atoms with van der Waals surface area (Å²) in [6, 6.07) is 0.476. The molecule has 1 saturated heterocycles. The number of fused-ring (bicyclic) bond motifs is 1. The average molecular weight is 294 g/mol. The van der Waals surface area contributed by atoms with Gasteiger partial charge in [0, 0.05) is 12.6 Å². The van der Waals surface area contributed by atoms with Gasteiger partial charge in [0.1, 0.15) is 0 Å². The van der Waals surface area contributed by atoms with Crippen LogP contribution in [-0.4, -0.2) is 28.4 Å². The summed E-state index contributed by atoms with van der Waals surface area (Å²) in [7, 11) is 0. The van der Waals surface area contributed by atoms with E-state index in [4.69, 9.17) is 18.0 Å². The molecular weight excluding hydrogens is 268 g/mol. The first-order valence-electron chi connectivity index (χ1n) is 8.26. The number of carbonyl (C=O) groups is 1. The zero-order valence-electron chi connectivity index (χ0n) is 12.3. The van der Waals surface area contributed by atoms with Gasteiger partial charge in [-0.2, -0.15) is 0 Å². The number of nitrogens with zero attached hydrogens (tertiary/aromatic N) is 1. The topological polar surface area (TPSA) is 46.3 Å². The summed E-state index contributed by atoms with van der Waals surface area (Å²) in [5.74, 6) is 1.00. The fourth-order valence-corrected chi connectivity index (χ4v) is 4.99. The van der Waals surface area contributed by atoms with E-state index in [1.54, 1.807) is 0 Å². The Morgan fingerprint density at radius 1 is 1.05 bits per heavy atom. The minimum Gasteiger partial charge on any atom is -0.392 e. The Kier molecular flexibility index (Phi) is 4.02. The van der Waals surface area contributed by atoms with Crippen LogP contribution in [0.5, 0.6) is 0 Å². The fourth-order valence-electron chi connectivity index (χ4n) is 4.70. The number of rotatable bonds is 2. The van der Waals surface area contributed by atoms with Crippen molar-refractivity contribution < 1.29 is 4.79 Å². The Bertz CT molecular complexity index is 403. The molecule has 2 aliphatic carbocycles. The van der Waals surface area contributed by atoms with Crippen LogP contribution in [0.15, 0.2) is 0 Å². The van der Waals surface area contributed by atoms with Crippen molar-refractivity contribution in [2.24, 2.45) is 17.1 Å². The van der Waals surface area contributed by atoms with Crippen molar-refractivity contribution >= 4 is 23.1 Å². The predicted octanol–water partition coefficient (Wildman–Crippen LogP) is 3.01. The van der Waals surface area contributed by atoms with Gasteiger partial charge in [0.2, 0.25) is 5.91 Å². The van der Waals surface area contributed by atoms with Crippen LogP contribution in [-0.2, 0) is 4.79 Å². The Labute approximate surface area is 127 Å². The van der Waals surface area contributed by atoms with Gasteiger partial charge in [-0.05, 0) is 44.4 Å². The molecule has 3 rings (SSSR count). The Morgan fingerprint density at radius 3 is 2.45 bits per heavy atom. The van der Waals surface area contributed by atoms with E-state index in [1.807, 2.05) is 0 Å². The molecule has 112 valence electrons. The van der Waals surface area contributed by atoms with Crippen LogP contribution in [0, 0.1) is 11.3 Å². The molecule has 3 nitrogen and oxygen atoms in total. The zero-order valence-corrected chi connectivity index (χ0v) is 13.1. The Hall–Kier alpha value is -0.640. The molecule has 20 heavy (non-hydrogen) atoms. The number of nitrogens with two attached hydrogens (primary N) is 1. The summed E-state index contributed by atoms with van der Waals surface area (Å²) in [6.45, 7) is 0.921. The second-order valence-corrected chi connectivity index (χ2v) is 7.35. The smallest absolute Gasteiger partial charge is 0.235 e. The first-order chi connectivity index (χ1) is 9.65. The number of likely N-dealkylation sites (tertiary alicyclic amines) is 1. The van der Waals surface area contributed by atoms with Crippen molar-refractivity contribution in [3.8, 4) is 0 Å². The van der Waals surface area contributed by atoms with Crippen LogP contribution in [0.1, 0.15) is 64.2 Å². The number of amides is 1. The van der Waals surface area contributed by atoms with E-state index in [1.165, 1.54) is 32.1 Å². The molecule has 1 aliphatic heterocycles. The molecule has 2 atom stereocenters. The SMILES string of the molecule is NC(=S)C1(C(=O)N2CCCC3CCCC32)CCCCC1. The molecule has 2 saturated carbocycles. The second kappa shape index (κ2) is 5.63. The summed E-state index contributed by atoms with van der Waals surface area (Å²) in [5, 5.41) is 0. The van der Waals surface area contributed by atoms with Gasteiger partial charge < -0.3 is 10.6 Å². The van der Waals surface area contributed by atoms with E-state index in [-0.39, 0.29) is 5.91 Å². The number of carbonyl (C=O) groups excluding carboxylic acids is 1. The molecule has 0 aromatic carbocycles. The van der Waals surface area contributed by atoms with Crippen LogP contribution in [0.25, 0.3) is 0 Å². The highest BCUT2D eigenvalue weighted by molar-refractivity contribution is 7.80. The second-order valence-electron chi connectivity index (χ2n) is 6.91. The van der Waals surface area contributed by atoms with Gasteiger partial charge in [0.25, 0.3) is 0 Å². The van der Waals surface area contributed by atoms with Crippen molar-refractivity contribution in [1.82, 2.24) is 4.90 Å². The number of thiocarbonyl (C=S) groups is 1. The van der Waals surface area contributed by atoms with Gasteiger partial charge in [-0.3, -0.25) is 4.79 Å².